The summed E-state index contributed by atoms with van der Waals surface area (Å²) >= 11 is 0. The van der Waals surface area contributed by atoms with Crippen LogP contribution in [0.3, 0.4) is 0 Å². The highest BCUT2D eigenvalue weighted by molar-refractivity contribution is 6.09. The second-order valence-corrected chi connectivity index (χ2v) is 11.8. The van der Waals surface area contributed by atoms with E-state index in [1.54, 1.807) is 0 Å². The second-order valence-electron chi connectivity index (χ2n) is 11.8. The minimum absolute atomic E-state index is 0.0404. The number of hydrogen-bond acceptors (Lipinski definition) is 3. The molecule has 0 atom stereocenters. The number of para-hydroxylation sites is 2. The third-order valence-corrected chi connectivity index (χ3v) is 7.01. The molecule has 0 N–H and O–H groups in total. The average Bonchev–Trinajstić information content (AvgIpc) is 3.43. The maximum Gasteiger partial charge on any atom is 0.227 e. The molecule has 180 valence electrons. The molecule has 36 heavy (non-hydrogen) atoms. The monoisotopic (exact) mass is 473 g/mol. The van der Waals surface area contributed by atoms with E-state index in [0.29, 0.717) is 5.71 Å². The number of benzene rings is 3. The Balaban J connectivity index is 1.49. The summed E-state index contributed by atoms with van der Waals surface area (Å²) < 4.78 is 12.6. The van der Waals surface area contributed by atoms with Crippen LogP contribution in [-0.2, 0) is 10.8 Å². The van der Waals surface area contributed by atoms with Crippen molar-refractivity contribution in [3.63, 3.8) is 0 Å². The van der Waals surface area contributed by atoms with Crippen LogP contribution in [0.15, 0.2) is 87.7 Å². The van der Waals surface area contributed by atoms with Gasteiger partial charge in [0.25, 0.3) is 0 Å². The van der Waals surface area contributed by atoms with Gasteiger partial charge >= 0.3 is 0 Å². The molecule has 0 saturated heterocycles. The SMILES string of the molecule is CC(C)(C)c1cc(-c2cc3ccc(-c4cccc5c4oc4ccccc45)nc3o2)cc(C(C)(C)C)c1. The highest BCUT2D eigenvalue weighted by Gasteiger charge is 2.22. The molecule has 3 heterocycles. The van der Waals surface area contributed by atoms with E-state index in [1.807, 2.05) is 18.2 Å². The van der Waals surface area contributed by atoms with Gasteiger partial charge in [-0.25, -0.2) is 4.98 Å². The molecule has 0 amide bonds. The van der Waals surface area contributed by atoms with E-state index in [2.05, 4.69) is 102 Å². The molecule has 3 aromatic carbocycles. The van der Waals surface area contributed by atoms with Gasteiger partial charge in [-0.1, -0.05) is 77.9 Å². The van der Waals surface area contributed by atoms with Gasteiger partial charge in [0.15, 0.2) is 0 Å². The van der Waals surface area contributed by atoms with E-state index in [9.17, 15) is 0 Å². The van der Waals surface area contributed by atoms with Crippen LogP contribution in [0.5, 0.6) is 0 Å². The van der Waals surface area contributed by atoms with Crippen LogP contribution >= 0.6 is 0 Å². The first kappa shape index (κ1) is 22.6. The molecule has 3 aromatic heterocycles. The molecule has 0 aliphatic carbocycles. The smallest absolute Gasteiger partial charge is 0.227 e. The summed E-state index contributed by atoms with van der Waals surface area (Å²) in [6, 6.07) is 27.4. The lowest BCUT2D eigenvalue weighted by atomic mass is 9.79. The molecule has 0 bridgehead atoms. The first-order valence-corrected chi connectivity index (χ1v) is 12.6. The van der Waals surface area contributed by atoms with Crippen LogP contribution in [-0.4, -0.2) is 4.98 Å². The standard InChI is InChI=1S/C33H31NO2/c1-32(2,3)22-16-21(17-23(19-22)33(4,5)6)29-18-20-14-15-27(34-31(20)36-29)26-12-9-11-25-24-10-7-8-13-28(24)35-30(25)26/h7-19H,1-6H3. The maximum absolute atomic E-state index is 6.38. The van der Waals surface area contributed by atoms with E-state index in [4.69, 9.17) is 13.8 Å². The fourth-order valence-electron chi connectivity index (χ4n) is 4.79. The van der Waals surface area contributed by atoms with Gasteiger partial charge in [-0.2, -0.15) is 0 Å². The Labute approximate surface area is 211 Å². The largest absolute Gasteiger partial charge is 0.455 e. The minimum atomic E-state index is 0.0404. The number of rotatable bonds is 2. The van der Waals surface area contributed by atoms with Gasteiger partial charge in [0.1, 0.15) is 16.9 Å². The summed E-state index contributed by atoms with van der Waals surface area (Å²) in [5.74, 6) is 0.841. The normalized spacial score (nSPS) is 12.7. The zero-order chi connectivity index (χ0) is 25.2. The number of pyridine rings is 1. The van der Waals surface area contributed by atoms with E-state index >= 15 is 0 Å². The molecule has 3 nitrogen and oxygen atoms in total. The van der Waals surface area contributed by atoms with Crippen LogP contribution in [0.1, 0.15) is 52.7 Å². The van der Waals surface area contributed by atoms with Gasteiger partial charge in [-0.3, -0.25) is 0 Å². The van der Waals surface area contributed by atoms with Crippen molar-refractivity contribution in [3.8, 4) is 22.6 Å². The Morgan fingerprint density at radius 2 is 1.33 bits per heavy atom. The molecule has 0 aliphatic rings. The van der Waals surface area contributed by atoms with E-state index in [-0.39, 0.29) is 10.8 Å². The Kier molecular flexibility index (Phi) is 4.91. The summed E-state index contributed by atoms with van der Waals surface area (Å²) in [5.41, 5.74) is 7.95. The molecule has 3 heteroatoms. The predicted octanol–water partition coefficient (Wildman–Crippen LogP) is 9.66. The highest BCUT2D eigenvalue weighted by Crippen LogP contribution is 2.38. The van der Waals surface area contributed by atoms with Crippen molar-refractivity contribution in [2.75, 3.05) is 0 Å². The first-order valence-electron chi connectivity index (χ1n) is 12.6. The predicted molar refractivity (Wildman–Crippen MR) is 150 cm³/mol. The van der Waals surface area contributed by atoms with Gasteiger partial charge in [-0.15, -0.1) is 0 Å². The van der Waals surface area contributed by atoms with Crippen molar-refractivity contribution in [2.24, 2.45) is 0 Å². The maximum atomic E-state index is 6.38. The van der Waals surface area contributed by atoms with Crippen LogP contribution in [0.4, 0.5) is 0 Å². The summed E-state index contributed by atoms with van der Waals surface area (Å²) in [7, 11) is 0. The highest BCUT2D eigenvalue weighted by atomic mass is 16.3. The van der Waals surface area contributed by atoms with Crippen LogP contribution in [0, 0.1) is 0 Å². The van der Waals surface area contributed by atoms with Gasteiger partial charge in [0.05, 0.1) is 5.69 Å². The zero-order valence-corrected chi connectivity index (χ0v) is 21.8. The van der Waals surface area contributed by atoms with Crippen LogP contribution < -0.4 is 0 Å². The molecule has 0 aliphatic heterocycles. The minimum Gasteiger partial charge on any atom is -0.455 e. The fourth-order valence-corrected chi connectivity index (χ4v) is 4.79. The number of aromatic nitrogens is 1. The zero-order valence-electron chi connectivity index (χ0n) is 21.8. The molecular formula is C33H31NO2. The Morgan fingerprint density at radius 3 is 2.06 bits per heavy atom. The van der Waals surface area contributed by atoms with E-state index in [1.165, 1.54) is 11.1 Å². The van der Waals surface area contributed by atoms with Gasteiger partial charge in [0, 0.05) is 27.3 Å². The molecule has 0 fully saturated rings. The second kappa shape index (κ2) is 7.83. The number of nitrogens with zero attached hydrogens (tertiary/aromatic N) is 1. The molecule has 6 aromatic rings. The summed E-state index contributed by atoms with van der Waals surface area (Å²) in [6.07, 6.45) is 0. The van der Waals surface area contributed by atoms with Crippen molar-refractivity contribution in [1.82, 2.24) is 4.98 Å². The number of hydrogen-bond donors (Lipinski definition) is 0. The van der Waals surface area contributed by atoms with Crippen molar-refractivity contribution >= 4 is 33.0 Å². The summed E-state index contributed by atoms with van der Waals surface area (Å²) in [5, 5.41) is 3.20. The molecular weight excluding hydrogens is 442 g/mol. The number of fused-ring (bicyclic) bond motifs is 4. The van der Waals surface area contributed by atoms with Gasteiger partial charge in [-0.05, 0) is 64.4 Å². The van der Waals surface area contributed by atoms with Crippen molar-refractivity contribution in [3.05, 3.63) is 90.0 Å². The Morgan fingerprint density at radius 1 is 0.639 bits per heavy atom. The molecule has 0 spiro atoms. The summed E-state index contributed by atoms with van der Waals surface area (Å²) in [4.78, 5) is 4.93. The average molecular weight is 474 g/mol. The van der Waals surface area contributed by atoms with Crippen molar-refractivity contribution < 1.29 is 8.83 Å². The lowest BCUT2D eigenvalue weighted by Crippen LogP contribution is -2.16. The van der Waals surface area contributed by atoms with Crippen LogP contribution in [0.25, 0.3) is 55.6 Å². The van der Waals surface area contributed by atoms with Gasteiger partial charge in [0.2, 0.25) is 5.71 Å². The lowest BCUT2D eigenvalue weighted by Gasteiger charge is -2.25. The lowest BCUT2D eigenvalue weighted by molar-refractivity contribution is 0.567. The Bertz CT molecular complexity index is 1720. The van der Waals surface area contributed by atoms with Crippen LogP contribution in [0.2, 0.25) is 0 Å². The molecule has 6 rings (SSSR count). The van der Waals surface area contributed by atoms with E-state index in [0.717, 1.165) is 49.9 Å². The first-order chi connectivity index (χ1) is 17.1. The Hall–Kier alpha value is -3.85. The molecule has 0 radical (unpaired) electrons. The number of furan rings is 2. The van der Waals surface area contributed by atoms with E-state index < -0.39 is 0 Å². The molecule has 0 unspecified atom stereocenters. The quantitative estimate of drug-likeness (QED) is 0.251. The van der Waals surface area contributed by atoms with Gasteiger partial charge < -0.3 is 8.83 Å². The third-order valence-electron chi connectivity index (χ3n) is 7.01. The fraction of sp³-hybridized carbons (Fsp3) is 0.242. The molecule has 0 saturated carbocycles. The summed E-state index contributed by atoms with van der Waals surface area (Å²) in [6.45, 7) is 13.5. The van der Waals surface area contributed by atoms with Crippen molar-refractivity contribution in [1.29, 1.82) is 0 Å². The topological polar surface area (TPSA) is 39.2 Å². The third kappa shape index (κ3) is 3.80. The van der Waals surface area contributed by atoms with Crippen molar-refractivity contribution in [2.45, 2.75) is 52.4 Å².